The smallest absolute Gasteiger partial charge is 0.349 e. The van der Waals surface area contributed by atoms with Gasteiger partial charge >= 0.3 is 5.97 Å². The number of rotatable bonds is 2. The fraction of sp³-hybridized carbons (Fsp3) is 0.333. The van der Waals surface area contributed by atoms with E-state index in [1.807, 2.05) is 12.1 Å². The van der Waals surface area contributed by atoms with Gasteiger partial charge in [0.05, 0.1) is 0 Å². The number of nitrogens with one attached hydrogen (secondary N) is 1. The first-order chi connectivity index (χ1) is 10.1. The lowest BCUT2D eigenvalue weighted by Gasteiger charge is -2.13. The van der Waals surface area contributed by atoms with Crippen molar-refractivity contribution in [3.63, 3.8) is 0 Å². The van der Waals surface area contributed by atoms with Crippen LogP contribution in [0.25, 0.3) is 10.1 Å². The van der Waals surface area contributed by atoms with Crippen LogP contribution in [0.2, 0.25) is 0 Å². The average molecular weight is 304 g/mol. The molecule has 0 saturated carbocycles. The third-order valence-corrected chi connectivity index (χ3v) is 4.57. The predicted octanol–water partition coefficient (Wildman–Crippen LogP) is 2.31. The van der Waals surface area contributed by atoms with Gasteiger partial charge in [0, 0.05) is 16.9 Å². The molecule has 1 aliphatic heterocycles. The van der Waals surface area contributed by atoms with Gasteiger partial charge in [-0.15, -0.1) is 11.3 Å². The highest BCUT2D eigenvalue weighted by Crippen LogP contribution is 2.28. The summed E-state index contributed by atoms with van der Waals surface area (Å²) in [6.07, 6.45) is 1.69. The molecule has 110 valence electrons. The van der Waals surface area contributed by atoms with E-state index in [0.29, 0.717) is 23.5 Å². The van der Waals surface area contributed by atoms with E-state index in [9.17, 15) is 9.59 Å². The summed E-state index contributed by atoms with van der Waals surface area (Å²) in [6, 6.07) is 7.26. The fourth-order valence-electron chi connectivity index (χ4n) is 2.37. The maximum atomic E-state index is 12.2. The minimum absolute atomic E-state index is 0.203. The second kappa shape index (κ2) is 5.73. The van der Waals surface area contributed by atoms with Crippen molar-refractivity contribution in [3.05, 3.63) is 29.1 Å². The van der Waals surface area contributed by atoms with E-state index in [0.717, 1.165) is 22.9 Å². The number of anilines is 1. The van der Waals surface area contributed by atoms with Gasteiger partial charge in [-0.3, -0.25) is 4.79 Å². The van der Waals surface area contributed by atoms with Crippen LogP contribution in [0.15, 0.2) is 24.3 Å². The van der Waals surface area contributed by atoms with Crippen LogP contribution in [0.5, 0.6) is 0 Å². The Balaban J connectivity index is 1.78. The van der Waals surface area contributed by atoms with Crippen molar-refractivity contribution in [2.75, 3.05) is 12.3 Å². The Kier molecular flexibility index (Phi) is 3.79. The first-order valence-corrected chi connectivity index (χ1v) is 7.73. The minimum Gasteiger partial charge on any atom is -0.448 e. The van der Waals surface area contributed by atoms with Crippen LogP contribution in [-0.4, -0.2) is 24.5 Å². The molecule has 3 N–H and O–H groups in total. The largest absolute Gasteiger partial charge is 0.448 e. The van der Waals surface area contributed by atoms with Crippen LogP contribution < -0.4 is 11.1 Å². The number of hydrogen-bond acceptors (Lipinski definition) is 5. The van der Waals surface area contributed by atoms with Gasteiger partial charge in [0.15, 0.2) is 6.10 Å². The summed E-state index contributed by atoms with van der Waals surface area (Å²) >= 11 is 1.35. The first-order valence-electron chi connectivity index (χ1n) is 6.91. The number of hydrogen-bond donors (Lipinski definition) is 2. The molecule has 1 atom stereocenters. The molecule has 1 aromatic heterocycles. The van der Waals surface area contributed by atoms with Crippen molar-refractivity contribution in [2.45, 2.75) is 25.4 Å². The number of amides is 1. The van der Waals surface area contributed by atoms with Crippen LogP contribution >= 0.6 is 11.3 Å². The zero-order valence-electron chi connectivity index (χ0n) is 11.4. The Morgan fingerprint density at radius 2 is 2.19 bits per heavy atom. The van der Waals surface area contributed by atoms with Gasteiger partial charge in [-0.25, -0.2) is 4.79 Å². The van der Waals surface area contributed by atoms with E-state index in [1.165, 1.54) is 11.3 Å². The number of thiophene rings is 1. The summed E-state index contributed by atoms with van der Waals surface area (Å²) in [7, 11) is 0. The second-order valence-electron chi connectivity index (χ2n) is 5.09. The summed E-state index contributed by atoms with van der Waals surface area (Å²) in [4.78, 5) is 24.5. The summed E-state index contributed by atoms with van der Waals surface area (Å²) in [5, 5.41) is 3.67. The number of nitrogens with two attached hydrogens (primary N) is 1. The highest BCUT2D eigenvalue weighted by Gasteiger charge is 2.25. The van der Waals surface area contributed by atoms with Crippen LogP contribution in [-0.2, 0) is 9.53 Å². The van der Waals surface area contributed by atoms with Gasteiger partial charge in [0.2, 0.25) is 0 Å². The van der Waals surface area contributed by atoms with E-state index < -0.39 is 12.1 Å². The van der Waals surface area contributed by atoms with Crippen molar-refractivity contribution in [2.24, 2.45) is 0 Å². The van der Waals surface area contributed by atoms with Gasteiger partial charge in [0.1, 0.15) is 4.88 Å². The van der Waals surface area contributed by atoms with Gasteiger partial charge in [-0.1, -0.05) is 0 Å². The zero-order valence-corrected chi connectivity index (χ0v) is 12.2. The standard InChI is InChI=1S/C15H16N2O3S/c16-10-4-5-12-9(7-10)8-13(21-12)15(19)20-11-3-1-2-6-17-14(11)18/h4-5,7-8,11H,1-3,6,16H2,(H,17,18). The molecule has 5 nitrogen and oxygen atoms in total. The molecular weight excluding hydrogens is 288 g/mol. The van der Waals surface area contributed by atoms with Crippen LogP contribution in [0.4, 0.5) is 5.69 Å². The number of carbonyl (C=O) groups excluding carboxylic acids is 2. The van der Waals surface area contributed by atoms with Crippen LogP contribution in [0, 0.1) is 0 Å². The Hall–Kier alpha value is -2.08. The van der Waals surface area contributed by atoms with E-state index in [2.05, 4.69) is 5.32 Å². The molecule has 3 rings (SSSR count). The Morgan fingerprint density at radius 3 is 3.05 bits per heavy atom. The molecule has 2 aromatic rings. The predicted molar refractivity (Wildman–Crippen MR) is 82.3 cm³/mol. The first kappa shape index (κ1) is 13.9. The number of carbonyl (C=O) groups is 2. The maximum Gasteiger partial charge on any atom is 0.349 e. The van der Waals surface area contributed by atoms with Crippen molar-refractivity contribution >= 4 is 39.0 Å². The highest BCUT2D eigenvalue weighted by molar-refractivity contribution is 7.20. The molecule has 1 fully saturated rings. The quantitative estimate of drug-likeness (QED) is 0.659. The molecule has 2 heterocycles. The molecule has 0 radical (unpaired) electrons. The van der Waals surface area contributed by atoms with Gasteiger partial charge in [-0.05, 0) is 48.9 Å². The molecular formula is C15H16N2O3S. The molecule has 1 unspecified atom stereocenters. The SMILES string of the molecule is Nc1ccc2sc(C(=O)OC3CCCCNC3=O)cc2c1. The van der Waals surface area contributed by atoms with E-state index in [4.69, 9.17) is 10.5 Å². The highest BCUT2D eigenvalue weighted by atomic mass is 32.1. The summed E-state index contributed by atoms with van der Waals surface area (Å²) in [6.45, 7) is 0.648. The van der Waals surface area contributed by atoms with Gasteiger partial charge in [0.25, 0.3) is 5.91 Å². The fourth-order valence-corrected chi connectivity index (χ4v) is 3.30. The number of benzene rings is 1. The van der Waals surface area contributed by atoms with Crippen LogP contribution in [0.1, 0.15) is 28.9 Å². The molecule has 6 heteroatoms. The molecule has 1 aromatic carbocycles. The number of esters is 1. The average Bonchev–Trinajstić information content (AvgIpc) is 2.78. The van der Waals surface area contributed by atoms with Crippen LogP contribution in [0.3, 0.4) is 0 Å². The van der Waals surface area contributed by atoms with Crippen molar-refractivity contribution in [1.29, 1.82) is 0 Å². The molecule has 0 bridgehead atoms. The second-order valence-corrected chi connectivity index (χ2v) is 6.17. The normalized spacial score (nSPS) is 19.0. The van der Waals surface area contributed by atoms with Crippen molar-refractivity contribution in [3.8, 4) is 0 Å². The Bertz CT molecular complexity index is 695. The molecule has 0 spiro atoms. The summed E-state index contributed by atoms with van der Waals surface area (Å²) in [5.41, 5.74) is 6.39. The molecule has 21 heavy (non-hydrogen) atoms. The van der Waals surface area contributed by atoms with E-state index in [1.54, 1.807) is 12.1 Å². The molecule has 1 aliphatic rings. The molecule has 1 amide bonds. The topological polar surface area (TPSA) is 81.4 Å². The maximum absolute atomic E-state index is 12.2. The summed E-state index contributed by atoms with van der Waals surface area (Å²) < 4.78 is 6.33. The van der Waals surface area contributed by atoms with E-state index in [-0.39, 0.29) is 5.91 Å². The number of ether oxygens (including phenoxy) is 1. The molecule has 1 saturated heterocycles. The van der Waals surface area contributed by atoms with Crippen molar-refractivity contribution < 1.29 is 14.3 Å². The monoisotopic (exact) mass is 304 g/mol. The lowest BCUT2D eigenvalue weighted by Crippen LogP contribution is -2.35. The number of fused-ring (bicyclic) bond motifs is 1. The summed E-state index contributed by atoms with van der Waals surface area (Å²) in [5.74, 6) is -0.650. The third kappa shape index (κ3) is 3.00. The third-order valence-electron chi connectivity index (χ3n) is 3.48. The lowest BCUT2D eigenvalue weighted by atomic mass is 10.2. The van der Waals surface area contributed by atoms with Crippen molar-refractivity contribution in [1.82, 2.24) is 5.32 Å². The minimum atomic E-state index is -0.685. The van der Waals surface area contributed by atoms with Gasteiger partial charge < -0.3 is 15.8 Å². The zero-order chi connectivity index (χ0) is 14.8. The Labute approximate surface area is 126 Å². The molecule has 0 aliphatic carbocycles. The van der Waals surface area contributed by atoms with E-state index >= 15 is 0 Å². The number of nitrogen functional groups attached to an aromatic ring is 1. The lowest BCUT2D eigenvalue weighted by molar-refractivity contribution is -0.129. The van der Waals surface area contributed by atoms with Gasteiger partial charge in [-0.2, -0.15) is 0 Å². The Morgan fingerprint density at radius 1 is 1.33 bits per heavy atom.